The molecule has 2 N–H and O–H groups in total. The van der Waals surface area contributed by atoms with E-state index in [1.165, 1.54) is 0 Å². The third-order valence-electron chi connectivity index (χ3n) is 3.61. The minimum atomic E-state index is -3.45. The molecule has 0 spiro atoms. The maximum Gasteiger partial charge on any atom is 0.236 e. The minimum absolute atomic E-state index is 0.0455. The normalized spacial score (nSPS) is 11.4. The highest BCUT2D eigenvalue weighted by molar-refractivity contribution is 7.91. The molecule has 0 bridgehead atoms. The van der Waals surface area contributed by atoms with Crippen LogP contribution in [0.3, 0.4) is 0 Å². The molecule has 24 heavy (non-hydrogen) atoms. The Bertz CT molecular complexity index is 944. The predicted molar refractivity (Wildman–Crippen MR) is 96.2 cm³/mol. The average molecular weight is 341 g/mol. The Labute approximate surface area is 141 Å². The van der Waals surface area contributed by atoms with E-state index in [0.29, 0.717) is 5.69 Å². The summed E-state index contributed by atoms with van der Waals surface area (Å²) in [5.41, 5.74) is 4.22. The van der Waals surface area contributed by atoms with Gasteiger partial charge in [-0.1, -0.05) is 42.0 Å². The first-order chi connectivity index (χ1) is 11.4. The topological polar surface area (TPSA) is 74.8 Å². The Morgan fingerprint density at radius 3 is 2.46 bits per heavy atom. The summed E-state index contributed by atoms with van der Waals surface area (Å²) in [6.07, 6.45) is 1.76. The number of aromatic nitrogens is 2. The highest BCUT2D eigenvalue weighted by Gasteiger charge is 2.12. The fraction of sp³-hybridized carbons (Fsp3) is 0.167. The summed E-state index contributed by atoms with van der Waals surface area (Å²) in [7, 11) is -3.45. The maximum absolute atomic E-state index is 12.3. The lowest BCUT2D eigenvalue weighted by molar-refractivity contribution is 0.600. The van der Waals surface area contributed by atoms with Crippen molar-refractivity contribution in [1.29, 1.82) is 0 Å². The molecule has 5 nitrogen and oxygen atoms in total. The lowest BCUT2D eigenvalue weighted by Gasteiger charge is -2.09. The zero-order chi connectivity index (χ0) is 17.2. The number of anilines is 1. The standard InChI is InChI=1S/C18H19N3O2S/c1-13-4-3-5-15(10-13)12-24(22,23)21-17-8-6-16(7-9-17)18-11-19-14(2)20-18/h3-11,21H,12H2,1-2H3,(H,19,20). The van der Waals surface area contributed by atoms with E-state index in [1.807, 2.05) is 50.2 Å². The third kappa shape index (κ3) is 4.02. The number of hydrogen-bond donors (Lipinski definition) is 2. The van der Waals surface area contributed by atoms with Crippen molar-refractivity contribution < 1.29 is 8.42 Å². The molecule has 1 heterocycles. The van der Waals surface area contributed by atoms with Crippen LogP contribution in [-0.2, 0) is 15.8 Å². The second-order valence-electron chi connectivity index (χ2n) is 5.81. The smallest absolute Gasteiger partial charge is 0.236 e. The van der Waals surface area contributed by atoms with E-state index >= 15 is 0 Å². The highest BCUT2D eigenvalue weighted by atomic mass is 32.2. The van der Waals surface area contributed by atoms with Gasteiger partial charge in [0.15, 0.2) is 0 Å². The monoisotopic (exact) mass is 341 g/mol. The molecule has 0 amide bonds. The van der Waals surface area contributed by atoms with Crippen LogP contribution in [-0.4, -0.2) is 18.4 Å². The lowest BCUT2D eigenvalue weighted by atomic mass is 10.1. The van der Waals surface area contributed by atoms with Crippen molar-refractivity contribution in [3.8, 4) is 11.3 Å². The molecule has 0 unspecified atom stereocenters. The van der Waals surface area contributed by atoms with Crippen molar-refractivity contribution in [1.82, 2.24) is 9.97 Å². The maximum atomic E-state index is 12.3. The molecule has 3 rings (SSSR count). The number of imidazole rings is 1. The number of nitrogens with one attached hydrogen (secondary N) is 2. The zero-order valence-electron chi connectivity index (χ0n) is 13.6. The predicted octanol–water partition coefficient (Wildman–Crippen LogP) is 3.64. The van der Waals surface area contributed by atoms with Crippen LogP contribution < -0.4 is 4.72 Å². The largest absolute Gasteiger partial charge is 0.342 e. The number of H-pyrrole nitrogens is 1. The Hall–Kier alpha value is -2.60. The number of rotatable bonds is 5. The molecule has 0 aliphatic carbocycles. The van der Waals surface area contributed by atoms with Gasteiger partial charge in [0.1, 0.15) is 5.82 Å². The highest BCUT2D eigenvalue weighted by Crippen LogP contribution is 2.21. The number of benzene rings is 2. The first kappa shape index (κ1) is 16.3. The van der Waals surface area contributed by atoms with Crippen molar-refractivity contribution in [2.24, 2.45) is 0 Å². The first-order valence-electron chi connectivity index (χ1n) is 7.59. The van der Waals surface area contributed by atoms with Gasteiger partial charge in [-0.25, -0.2) is 13.4 Å². The summed E-state index contributed by atoms with van der Waals surface area (Å²) in [6, 6.07) is 14.7. The van der Waals surface area contributed by atoms with Gasteiger partial charge in [-0.15, -0.1) is 0 Å². The molecule has 0 aliphatic rings. The Balaban J connectivity index is 1.73. The summed E-state index contributed by atoms with van der Waals surface area (Å²) in [5, 5.41) is 0. The number of sulfonamides is 1. The van der Waals surface area contributed by atoms with Crippen LogP contribution in [0.2, 0.25) is 0 Å². The second kappa shape index (κ2) is 6.49. The van der Waals surface area contributed by atoms with Crippen molar-refractivity contribution in [2.45, 2.75) is 19.6 Å². The van der Waals surface area contributed by atoms with Crippen LogP contribution in [0.25, 0.3) is 11.3 Å². The molecule has 0 radical (unpaired) electrons. The summed E-state index contributed by atoms with van der Waals surface area (Å²) in [5.74, 6) is 0.795. The van der Waals surface area contributed by atoms with E-state index < -0.39 is 10.0 Å². The molecule has 124 valence electrons. The van der Waals surface area contributed by atoms with E-state index in [0.717, 1.165) is 28.2 Å². The molecular weight excluding hydrogens is 322 g/mol. The lowest BCUT2D eigenvalue weighted by Crippen LogP contribution is -2.15. The summed E-state index contributed by atoms with van der Waals surface area (Å²) >= 11 is 0. The fourth-order valence-corrected chi connectivity index (χ4v) is 3.71. The number of hydrogen-bond acceptors (Lipinski definition) is 3. The molecule has 6 heteroatoms. The number of aryl methyl sites for hydroxylation is 2. The van der Waals surface area contributed by atoms with E-state index in [4.69, 9.17) is 0 Å². The van der Waals surface area contributed by atoms with Gasteiger partial charge >= 0.3 is 0 Å². The number of nitrogens with zero attached hydrogens (tertiary/aromatic N) is 1. The van der Waals surface area contributed by atoms with Gasteiger partial charge in [0.2, 0.25) is 10.0 Å². The van der Waals surface area contributed by atoms with Crippen LogP contribution in [0, 0.1) is 13.8 Å². The molecule has 0 atom stereocenters. The molecule has 3 aromatic rings. The van der Waals surface area contributed by atoms with Crippen molar-refractivity contribution in [3.05, 3.63) is 71.7 Å². The fourth-order valence-electron chi connectivity index (χ4n) is 2.52. The Kier molecular flexibility index (Phi) is 4.40. The zero-order valence-corrected chi connectivity index (χ0v) is 14.4. The number of aromatic amines is 1. The van der Waals surface area contributed by atoms with E-state index in [1.54, 1.807) is 18.3 Å². The summed E-state index contributed by atoms with van der Waals surface area (Å²) < 4.78 is 27.2. The van der Waals surface area contributed by atoms with Crippen LogP contribution in [0.4, 0.5) is 5.69 Å². The molecular formula is C18H19N3O2S. The van der Waals surface area contributed by atoms with Gasteiger partial charge in [0.05, 0.1) is 17.6 Å². The van der Waals surface area contributed by atoms with Gasteiger partial charge in [-0.05, 0) is 37.1 Å². The van der Waals surface area contributed by atoms with Crippen molar-refractivity contribution >= 4 is 15.7 Å². The Morgan fingerprint density at radius 2 is 1.83 bits per heavy atom. The molecule has 0 saturated heterocycles. The molecule has 0 fully saturated rings. The second-order valence-corrected chi connectivity index (χ2v) is 7.53. The van der Waals surface area contributed by atoms with Crippen molar-refractivity contribution in [2.75, 3.05) is 4.72 Å². The average Bonchev–Trinajstić information content (AvgIpc) is 2.93. The van der Waals surface area contributed by atoms with Crippen LogP contribution in [0.5, 0.6) is 0 Å². The minimum Gasteiger partial charge on any atom is -0.342 e. The van der Waals surface area contributed by atoms with E-state index in [9.17, 15) is 8.42 Å². The molecule has 0 aliphatic heterocycles. The molecule has 2 aromatic carbocycles. The Morgan fingerprint density at radius 1 is 1.08 bits per heavy atom. The first-order valence-corrected chi connectivity index (χ1v) is 9.25. The van der Waals surface area contributed by atoms with Gasteiger partial charge < -0.3 is 4.98 Å². The van der Waals surface area contributed by atoms with Gasteiger partial charge in [-0.2, -0.15) is 0 Å². The van der Waals surface area contributed by atoms with Crippen LogP contribution in [0.15, 0.2) is 54.7 Å². The van der Waals surface area contributed by atoms with Crippen LogP contribution in [0.1, 0.15) is 17.0 Å². The quantitative estimate of drug-likeness (QED) is 0.744. The third-order valence-corrected chi connectivity index (χ3v) is 4.87. The van der Waals surface area contributed by atoms with Crippen molar-refractivity contribution in [3.63, 3.8) is 0 Å². The summed E-state index contributed by atoms with van der Waals surface area (Å²) in [4.78, 5) is 7.31. The molecule has 1 aromatic heterocycles. The van der Waals surface area contributed by atoms with Gasteiger partial charge in [0.25, 0.3) is 0 Å². The van der Waals surface area contributed by atoms with E-state index in [2.05, 4.69) is 14.7 Å². The van der Waals surface area contributed by atoms with E-state index in [-0.39, 0.29) is 5.75 Å². The summed E-state index contributed by atoms with van der Waals surface area (Å²) in [6.45, 7) is 3.83. The van der Waals surface area contributed by atoms with Gasteiger partial charge in [0, 0.05) is 5.69 Å². The van der Waals surface area contributed by atoms with Gasteiger partial charge in [-0.3, -0.25) is 4.72 Å². The SMILES string of the molecule is Cc1cccc(CS(=O)(=O)Nc2ccc(-c3cnc(C)[nH]3)cc2)c1. The van der Waals surface area contributed by atoms with Crippen LogP contribution >= 0.6 is 0 Å². The molecule has 0 saturated carbocycles.